The molecule has 1 atom stereocenters. The van der Waals surface area contributed by atoms with Crippen LogP contribution in [0.4, 0.5) is 18.0 Å². The van der Waals surface area contributed by atoms with Crippen LogP contribution < -0.4 is 0 Å². The minimum Gasteiger partial charge on any atom is -0.463 e. The standard InChI is InChI=1S/C4H5F3O.CH2O3/c1-2-8-4(7)3(5)6;2-1(3)4/h2-4H,1H2;(H2,2,3,4). The quantitative estimate of drug-likeness (QED) is 0.664. The predicted octanol–water partition coefficient (Wildman–Crippen LogP) is 1.93. The Morgan fingerprint density at radius 3 is 1.83 bits per heavy atom. The Hall–Kier alpha value is -1.40. The number of halogens is 3. The third-order valence-corrected chi connectivity index (χ3v) is 0.424. The first-order valence-corrected chi connectivity index (χ1v) is 2.52. The van der Waals surface area contributed by atoms with Crippen molar-refractivity contribution in [2.75, 3.05) is 0 Å². The van der Waals surface area contributed by atoms with Crippen molar-refractivity contribution in [1.29, 1.82) is 0 Å². The molecule has 0 bridgehead atoms. The maximum absolute atomic E-state index is 11.5. The first-order chi connectivity index (χ1) is 5.41. The molecule has 7 heteroatoms. The van der Waals surface area contributed by atoms with Gasteiger partial charge in [0.25, 0.3) is 6.36 Å². The number of carboxylic acid groups (broad SMARTS) is 2. The molecule has 0 amide bonds. The summed E-state index contributed by atoms with van der Waals surface area (Å²) in [6.45, 7) is 2.89. The zero-order valence-corrected chi connectivity index (χ0v) is 5.78. The van der Waals surface area contributed by atoms with Crippen molar-refractivity contribution in [3.05, 3.63) is 12.8 Å². The normalized spacial score (nSPS) is 11.0. The summed E-state index contributed by atoms with van der Waals surface area (Å²) in [6, 6.07) is 0. The molecule has 0 radical (unpaired) electrons. The van der Waals surface area contributed by atoms with Crippen LogP contribution in [0.15, 0.2) is 12.8 Å². The number of hydrogen-bond acceptors (Lipinski definition) is 2. The third-order valence-electron chi connectivity index (χ3n) is 0.424. The van der Waals surface area contributed by atoms with Crippen LogP contribution in [0.2, 0.25) is 0 Å². The summed E-state index contributed by atoms with van der Waals surface area (Å²) >= 11 is 0. The first kappa shape index (κ1) is 13.2. The maximum atomic E-state index is 11.5. The van der Waals surface area contributed by atoms with Crippen molar-refractivity contribution in [3.8, 4) is 0 Å². The fourth-order valence-electron chi connectivity index (χ4n) is 0.151. The molecule has 0 aliphatic rings. The van der Waals surface area contributed by atoms with Crippen molar-refractivity contribution in [2.45, 2.75) is 12.8 Å². The molecule has 2 N–H and O–H groups in total. The summed E-state index contributed by atoms with van der Waals surface area (Å²) in [5, 5.41) is 13.9. The Kier molecular flexibility index (Phi) is 8.48. The molecule has 12 heavy (non-hydrogen) atoms. The fourth-order valence-corrected chi connectivity index (χ4v) is 0.151. The summed E-state index contributed by atoms with van der Waals surface area (Å²) in [5.41, 5.74) is 0. The van der Waals surface area contributed by atoms with Gasteiger partial charge in [-0.05, 0) is 0 Å². The summed E-state index contributed by atoms with van der Waals surface area (Å²) in [7, 11) is 0. The van der Waals surface area contributed by atoms with E-state index in [2.05, 4.69) is 11.3 Å². The van der Waals surface area contributed by atoms with Crippen LogP contribution in [0.3, 0.4) is 0 Å². The number of hydrogen-bond donors (Lipinski definition) is 2. The summed E-state index contributed by atoms with van der Waals surface area (Å²) in [5.74, 6) is 0. The van der Waals surface area contributed by atoms with Gasteiger partial charge in [-0.15, -0.1) is 0 Å². The Bertz CT molecular complexity index is 135. The monoisotopic (exact) mass is 188 g/mol. The van der Waals surface area contributed by atoms with Crippen LogP contribution in [0.1, 0.15) is 0 Å². The molecule has 4 nitrogen and oxygen atoms in total. The number of rotatable bonds is 3. The highest BCUT2D eigenvalue weighted by molar-refractivity contribution is 5.53. The molecule has 0 saturated carbocycles. The molecule has 0 aliphatic carbocycles. The zero-order valence-electron chi connectivity index (χ0n) is 5.78. The van der Waals surface area contributed by atoms with Crippen LogP contribution in [0, 0.1) is 0 Å². The zero-order chi connectivity index (χ0) is 10.1. The van der Waals surface area contributed by atoms with Crippen LogP contribution in [0.5, 0.6) is 0 Å². The second kappa shape index (κ2) is 7.70. The van der Waals surface area contributed by atoms with E-state index in [1.165, 1.54) is 0 Å². The average molecular weight is 188 g/mol. The molecule has 0 aliphatic heterocycles. The van der Waals surface area contributed by atoms with Gasteiger partial charge in [0, 0.05) is 0 Å². The number of carbonyl (C=O) groups is 1. The number of ether oxygens (including phenoxy) is 1. The Labute approximate surface area is 65.9 Å². The van der Waals surface area contributed by atoms with Crippen LogP contribution in [-0.4, -0.2) is 29.2 Å². The fraction of sp³-hybridized carbons (Fsp3) is 0.400. The minimum atomic E-state index is -3.09. The van der Waals surface area contributed by atoms with E-state index in [4.69, 9.17) is 15.0 Å². The summed E-state index contributed by atoms with van der Waals surface area (Å²) < 4.78 is 37.3. The molecule has 0 aromatic carbocycles. The summed E-state index contributed by atoms with van der Waals surface area (Å²) in [4.78, 5) is 8.56. The summed E-state index contributed by atoms with van der Waals surface area (Å²) in [6.07, 6.45) is -6.82. The van der Waals surface area contributed by atoms with Gasteiger partial charge in [0.05, 0.1) is 6.26 Å². The maximum Gasteiger partial charge on any atom is 0.503 e. The van der Waals surface area contributed by atoms with Crippen molar-refractivity contribution < 1.29 is 32.9 Å². The lowest BCUT2D eigenvalue weighted by Crippen LogP contribution is -2.12. The van der Waals surface area contributed by atoms with E-state index in [0.29, 0.717) is 6.26 Å². The molecule has 0 fully saturated rings. The van der Waals surface area contributed by atoms with E-state index in [1.54, 1.807) is 0 Å². The second-order valence-electron chi connectivity index (χ2n) is 1.27. The van der Waals surface area contributed by atoms with Gasteiger partial charge in [-0.25, -0.2) is 13.6 Å². The van der Waals surface area contributed by atoms with Gasteiger partial charge in [-0.2, -0.15) is 4.39 Å². The highest BCUT2D eigenvalue weighted by atomic mass is 19.3. The highest BCUT2D eigenvalue weighted by Gasteiger charge is 2.17. The molecular formula is C5H7F3O4. The van der Waals surface area contributed by atoms with E-state index in [9.17, 15) is 13.2 Å². The highest BCUT2D eigenvalue weighted by Crippen LogP contribution is 2.05. The topological polar surface area (TPSA) is 66.8 Å². The lowest BCUT2D eigenvalue weighted by Gasteiger charge is -2.03. The van der Waals surface area contributed by atoms with Gasteiger partial charge in [-0.1, -0.05) is 6.58 Å². The van der Waals surface area contributed by atoms with E-state index in [-0.39, 0.29) is 0 Å². The van der Waals surface area contributed by atoms with E-state index in [1.807, 2.05) is 0 Å². The van der Waals surface area contributed by atoms with E-state index >= 15 is 0 Å². The van der Waals surface area contributed by atoms with Crippen molar-refractivity contribution in [2.24, 2.45) is 0 Å². The molecule has 1 unspecified atom stereocenters. The average Bonchev–Trinajstić information content (AvgIpc) is 1.86. The minimum absolute atomic E-state index is 0.636. The Morgan fingerprint density at radius 1 is 1.42 bits per heavy atom. The van der Waals surface area contributed by atoms with Crippen LogP contribution in [-0.2, 0) is 4.74 Å². The molecule has 0 rings (SSSR count). The van der Waals surface area contributed by atoms with Crippen molar-refractivity contribution >= 4 is 6.16 Å². The van der Waals surface area contributed by atoms with Gasteiger partial charge in [-0.3, -0.25) is 0 Å². The largest absolute Gasteiger partial charge is 0.503 e. The first-order valence-electron chi connectivity index (χ1n) is 2.52. The van der Waals surface area contributed by atoms with Crippen LogP contribution >= 0.6 is 0 Å². The molecule has 0 spiro atoms. The van der Waals surface area contributed by atoms with Gasteiger partial charge >= 0.3 is 12.6 Å². The van der Waals surface area contributed by atoms with E-state index < -0.39 is 18.9 Å². The number of alkyl halides is 3. The molecule has 0 heterocycles. The van der Waals surface area contributed by atoms with Gasteiger partial charge in [0.1, 0.15) is 0 Å². The lowest BCUT2D eigenvalue weighted by molar-refractivity contribution is -0.0913. The molecule has 0 aromatic rings. The van der Waals surface area contributed by atoms with Gasteiger partial charge in [0.15, 0.2) is 0 Å². The molecule has 0 saturated heterocycles. The van der Waals surface area contributed by atoms with Crippen LogP contribution in [0.25, 0.3) is 0 Å². The Balaban J connectivity index is 0. The van der Waals surface area contributed by atoms with Gasteiger partial charge in [0.2, 0.25) is 0 Å². The SMILES string of the molecule is C=COC(F)C(F)F.O=C(O)O. The van der Waals surface area contributed by atoms with Crippen molar-refractivity contribution in [3.63, 3.8) is 0 Å². The van der Waals surface area contributed by atoms with Crippen molar-refractivity contribution in [1.82, 2.24) is 0 Å². The molecule has 0 aromatic heterocycles. The third kappa shape index (κ3) is 15.8. The lowest BCUT2D eigenvalue weighted by atomic mass is 10.7. The predicted molar refractivity (Wildman–Crippen MR) is 32.8 cm³/mol. The molecule has 72 valence electrons. The Morgan fingerprint density at radius 2 is 1.75 bits per heavy atom. The van der Waals surface area contributed by atoms with Gasteiger partial charge < -0.3 is 14.9 Å². The van der Waals surface area contributed by atoms with E-state index in [0.717, 1.165) is 0 Å². The smallest absolute Gasteiger partial charge is 0.463 e. The second-order valence-corrected chi connectivity index (χ2v) is 1.27. The molecular weight excluding hydrogens is 181 g/mol.